The normalized spacial score (nSPS) is 24.9. The number of rotatable bonds is 5. The molecule has 1 fully saturated rings. The minimum atomic E-state index is -0.144. The molecule has 96 valence electrons. The van der Waals surface area contributed by atoms with E-state index < -0.39 is 0 Å². The predicted octanol–water partition coefficient (Wildman–Crippen LogP) is 2.60. The Morgan fingerprint density at radius 3 is 1.94 bits per heavy atom. The Balaban J connectivity index is 2.55. The first kappa shape index (κ1) is 14.3. The monoisotopic (exact) mass is 247 g/mol. The molecule has 0 spiro atoms. The molecule has 1 atom stereocenters. The van der Waals surface area contributed by atoms with Crippen LogP contribution >= 0.6 is 11.8 Å². The zero-order valence-corrected chi connectivity index (χ0v) is 12.1. The first-order chi connectivity index (χ1) is 7.30. The third kappa shape index (κ3) is 4.62. The van der Waals surface area contributed by atoms with Gasteiger partial charge in [-0.25, -0.2) is 0 Å². The SMILES string of the molecule is CC(C)OC(OC(C)C)C1CSC(C)(C)N1. The van der Waals surface area contributed by atoms with Gasteiger partial charge in [0.05, 0.1) is 23.1 Å². The first-order valence-corrected chi connectivity index (χ1v) is 7.01. The van der Waals surface area contributed by atoms with Crippen LogP contribution in [-0.4, -0.2) is 35.2 Å². The molecule has 1 unspecified atom stereocenters. The average molecular weight is 247 g/mol. The lowest BCUT2D eigenvalue weighted by atomic mass is 10.2. The van der Waals surface area contributed by atoms with Crippen LogP contribution in [0.2, 0.25) is 0 Å². The zero-order valence-electron chi connectivity index (χ0n) is 11.2. The molecule has 1 saturated heterocycles. The second-order valence-corrected chi connectivity index (χ2v) is 6.95. The Morgan fingerprint density at radius 1 is 1.12 bits per heavy atom. The third-order valence-electron chi connectivity index (χ3n) is 2.30. The van der Waals surface area contributed by atoms with E-state index in [4.69, 9.17) is 9.47 Å². The summed E-state index contributed by atoms with van der Waals surface area (Å²) in [4.78, 5) is 0.129. The minimum absolute atomic E-state index is 0.129. The van der Waals surface area contributed by atoms with E-state index in [0.717, 1.165) is 5.75 Å². The summed E-state index contributed by atoms with van der Waals surface area (Å²) in [6.07, 6.45) is 0.243. The molecule has 0 radical (unpaired) electrons. The Bertz CT molecular complexity index is 209. The zero-order chi connectivity index (χ0) is 12.3. The molecule has 1 rings (SSSR count). The molecule has 0 saturated carbocycles. The molecule has 0 aromatic rings. The third-order valence-corrected chi connectivity index (χ3v) is 3.66. The number of hydrogen-bond donors (Lipinski definition) is 1. The van der Waals surface area contributed by atoms with Crippen LogP contribution in [0.4, 0.5) is 0 Å². The molecule has 16 heavy (non-hydrogen) atoms. The lowest BCUT2D eigenvalue weighted by Crippen LogP contribution is -2.47. The molecular formula is C12H25NO2S. The van der Waals surface area contributed by atoms with E-state index in [0.29, 0.717) is 0 Å². The van der Waals surface area contributed by atoms with Crippen molar-refractivity contribution in [1.29, 1.82) is 0 Å². The summed E-state index contributed by atoms with van der Waals surface area (Å²) in [7, 11) is 0. The van der Waals surface area contributed by atoms with Crippen molar-refractivity contribution in [3.05, 3.63) is 0 Å². The van der Waals surface area contributed by atoms with E-state index in [9.17, 15) is 0 Å². The first-order valence-electron chi connectivity index (χ1n) is 6.03. The summed E-state index contributed by atoms with van der Waals surface area (Å²) in [5.74, 6) is 1.04. The highest BCUT2D eigenvalue weighted by Gasteiger charge is 2.37. The van der Waals surface area contributed by atoms with Crippen LogP contribution in [0.15, 0.2) is 0 Å². The van der Waals surface area contributed by atoms with Crippen LogP contribution in [0.25, 0.3) is 0 Å². The van der Waals surface area contributed by atoms with Gasteiger partial charge in [-0.05, 0) is 41.5 Å². The van der Waals surface area contributed by atoms with Crippen molar-refractivity contribution in [1.82, 2.24) is 5.32 Å². The Morgan fingerprint density at radius 2 is 1.62 bits per heavy atom. The highest BCUT2D eigenvalue weighted by Crippen LogP contribution is 2.31. The van der Waals surface area contributed by atoms with E-state index in [1.165, 1.54) is 0 Å². The maximum atomic E-state index is 5.84. The summed E-state index contributed by atoms with van der Waals surface area (Å²) in [5.41, 5.74) is 0. The molecule has 0 amide bonds. The van der Waals surface area contributed by atoms with E-state index in [-0.39, 0.29) is 29.4 Å². The maximum absolute atomic E-state index is 5.84. The van der Waals surface area contributed by atoms with Crippen molar-refractivity contribution in [2.45, 2.75) is 71.0 Å². The van der Waals surface area contributed by atoms with Crippen LogP contribution in [-0.2, 0) is 9.47 Å². The highest BCUT2D eigenvalue weighted by molar-refractivity contribution is 8.00. The lowest BCUT2D eigenvalue weighted by Gasteiger charge is -2.29. The molecule has 4 heteroatoms. The van der Waals surface area contributed by atoms with Gasteiger partial charge in [-0.2, -0.15) is 0 Å². The van der Waals surface area contributed by atoms with Crippen LogP contribution in [0.3, 0.4) is 0 Å². The smallest absolute Gasteiger partial charge is 0.174 e. The molecule has 3 nitrogen and oxygen atoms in total. The summed E-state index contributed by atoms with van der Waals surface area (Å²) in [5, 5.41) is 3.55. The fraction of sp³-hybridized carbons (Fsp3) is 1.00. The summed E-state index contributed by atoms with van der Waals surface area (Å²) >= 11 is 1.92. The second-order valence-electron chi connectivity index (χ2n) is 5.31. The highest BCUT2D eigenvalue weighted by atomic mass is 32.2. The fourth-order valence-corrected chi connectivity index (χ4v) is 2.80. The van der Waals surface area contributed by atoms with Gasteiger partial charge in [0.15, 0.2) is 6.29 Å². The number of hydrogen-bond acceptors (Lipinski definition) is 4. The van der Waals surface area contributed by atoms with Crippen LogP contribution in [0.5, 0.6) is 0 Å². The van der Waals surface area contributed by atoms with Crippen LogP contribution in [0, 0.1) is 0 Å². The second kappa shape index (κ2) is 5.71. The standard InChI is InChI=1S/C12H25NO2S/c1-8(2)14-11(15-9(3)4)10-7-16-12(5,6)13-10/h8-11,13H,7H2,1-6H3. The van der Waals surface area contributed by atoms with Gasteiger partial charge in [0.2, 0.25) is 0 Å². The van der Waals surface area contributed by atoms with Gasteiger partial charge in [-0.3, -0.25) is 5.32 Å². The lowest BCUT2D eigenvalue weighted by molar-refractivity contribution is -0.192. The van der Waals surface area contributed by atoms with E-state index >= 15 is 0 Å². The Hall–Kier alpha value is 0.230. The summed E-state index contributed by atoms with van der Waals surface area (Å²) < 4.78 is 11.7. The van der Waals surface area contributed by atoms with Crippen molar-refractivity contribution in [2.75, 3.05) is 5.75 Å². The van der Waals surface area contributed by atoms with Crippen LogP contribution < -0.4 is 5.32 Å². The molecule has 1 N–H and O–H groups in total. The van der Waals surface area contributed by atoms with Crippen molar-refractivity contribution < 1.29 is 9.47 Å². The summed E-state index contributed by atoms with van der Waals surface area (Å²) in [6, 6.07) is 0.282. The van der Waals surface area contributed by atoms with Crippen molar-refractivity contribution in [2.24, 2.45) is 0 Å². The molecule has 0 aliphatic carbocycles. The van der Waals surface area contributed by atoms with E-state index in [1.54, 1.807) is 0 Å². The molecule has 1 heterocycles. The number of thioether (sulfide) groups is 1. The van der Waals surface area contributed by atoms with Crippen LogP contribution in [0.1, 0.15) is 41.5 Å². The van der Waals surface area contributed by atoms with Gasteiger partial charge in [0.1, 0.15) is 0 Å². The minimum Gasteiger partial charge on any atom is -0.348 e. The molecule has 1 aliphatic heterocycles. The fourth-order valence-electron chi connectivity index (χ4n) is 1.73. The van der Waals surface area contributed by atoms with E-state index in [2.05, 4.69) is 19.2 Å². The van der Waals surface area contributed by atoms with E-state index in [1.807, 2.05) is 39.5 Å². The topological polar surface area (TPSA) is 30.5 Å². The van der Waals surface area contributed by atoms with Crippen molar-refractivity contribution in [3.63, 3.8) is 0 Å². The van der Waals surface area contributed by atoms with Gasteiger partial charge in [-0.15, -0.1) is 11.8 Å². The predicted molar refractivity (Wildman–Crippen MR) is 69.7 cm³/mol. The Labute approximate surface area is 104 Å². The van der Waals surface area contributed by atoms with Gasteiger partial charge in [0, 0.05) is 5.75 Å². The molecule has 1 aliphatic rings. The van der Waals surface area contributed by atoms with Crippen molar-refractivity contribution >= 4 is 11.8 Å². The quantitative estimate of drug-likeness (QED) is 0.757. The largest absolute Gasteiger partial charge is 0.348 e. The Kier molecular flexibility index (Phi) is 5.10. The average Bonchev–Trinajstić information content (AvgIpc) is 2.43. The maximum Gasteiger partial charge on any atom is 0.174 e. The molecule has 0 aromatic carbocycles. The van der Waals surface area contributed by atoms with Gasteiger partial charge >= 0.3 is 0 Å². The van der Waals surface area contributed by atoms with Crippen molar-refractivity contribution in [3.8, 4) is 0 Å². The molecule has 0 bridgehead atoms. The molecular weight excluding hydrogens is 222 g/mol. The van der Waals surface area contributed by atoms with Gasteiger partial charge in [-0.1, -0.05) is 0 Å². The van der Waals surface area contributed by atoms with Gasteiger partial charge in [0.25, 0.3) is 0 Å². The summed E-state index contributed by atoms with van der Waals surface area (Å²) in [6.45, 7) is 12.6. The number of nitrogens with one attached hydrogen (secondary N) is 1. The van der Waals surface area contributed by atoms with Gasteiger partial charge < -0.3 is 9.47 Å². The number of ether oxygens (including phenoxy) is 2. The molecule has 0 aromatic heterocycles.